The number of fused-ring (bicyclic) bond motifs is 1. The minimum absolute atomic E-state index is 0.165. The third-order valence-electron chi connectivity index (χ3n) is 9.49. The van der Waals surface area contributed by atoms with Crippen molar-refractivity contribution in [2.75, 3.05) is 81.7 Å². The van der Waals surface area contributed by atoms with Crippen LogP contribution in [0.15, 0.2) is 66.7 Å². The summed E-state index contributed by atoms with van der Waals surface area (Å²) in [6, 6.07) is 19.3. The van der Waals surface area contributed by atoms with Crippen molar-refractivity contribution in [1.29, 1.82) is 0 Å². The van der Waals surface area contributed by atoms with E-state index in [9.17, 15) is 19.2 Å². The molecule has 6 N–H and O–H groups in total. The van der Waals surface area contributed by atoms with Gasteiger partial charge in [0.1, 0.15) is 0 Å². The zero-order chi connectivity index (χ0) is 37.6. The minimum Gasteiger partial charge on any atom is -0.358 e. The summed E-state index contributed by atoms with van der Waals surface area (Å²) in [4.78, 5) is 61.9. The molecular formula is C40H47N9O4. The van der Waals surface area contributed by atoms with Gasteiger partial charge in [0, 0.05) is 85.4 Å². The van der Waals surface area contributed by atoms with E-state index in [-0.39, 0.29) is 17.7 Å². The SMILES string of the molecule is Cc1[nH]c(C=C2C(=O)Nc3cc(NC(=O)Nc4cccc(NC(=O)c5ccc(CN6CCN(C)CC6)cc5)c4)ccc32)c(C)c1C(=O)NCCN(C)C. The molecule has 0 atom stereocenters. The van der Waals surface area contributed by atoms with Gasteiger partial charge in [-0.25, -0.2) is 4.79 Å². The van der Waals surface area contributed by atoms with E-state index in [1.54, 1.807) is 48.5 Å². The minimum atomic E-state index is -0.488. The Bertz CT molecular complexity index is 2040. The Kier molecular flexibility index (Phi) is 11.4. The van der Waals surface area contributed by atoms with Crippen LogP contribution in [0.2, 0.25) is 0 Å². The fourth-order valence-corrected chi connectivity index (χ4v) is 6.50. The predicted molar refractivity (Wildman–Crippen MR) is 210 cm³/mol. The Morgan fingerprint density at radius 1 is 0.849 bits per heavy atom. The molecular weight excluding hydrogens is 670 g/mol. The van der Waals surface area contributed by atoms with Crippen molar-refractivity contribution in [3.8, 4) is 0 Å². The number of aromatic amines is 1. The number of rotatable bonds is 11. The topological polar surface area (TPSA) is 154 Å². The maximum absolute atomic E-state index is 13.0. The molecule has 0 radical (unpaired) electrons. The second kappa shape index (κ2) is 16.3. The number of nitrogens with zero attached hydrogens (tertiary/aromatic N) is 3. The van der Waals surface area contributed by atoms with Gasteiger partial charge in [-0.05, 0) is 94.7 Å². The van der Waals surface area contributed by atoms with Crippen molar-refractivity contribution < 1.29 is 19.2 Å². The number of aryl methyl sites for hydroxylation is 1. The fourth-order valence-electron chi connectivity index (χ4n) is 6.50. The first kappa shape index (κ1) is 37.0. The lowest BCUT2D eigenvalue weighted by Gasteiger charge is -2.32. The Balaban J connectivity index is 1.05. The lowest BCUT2D eigenvalue weighted by Crippen LogP contribution is -2.43. The van der Waals surface area contributed by atoms with Gasteiger partial charge in [0.15, 0.2) is 0 Å². The van der Waals surface area contributed by atoms with Crippen molar-refractivity contribution in [3.05, 3.63) is 106 Å². The molecule has 1 aromatic heterocycles. The molecule has 3 aromatic carbocycles. The molecule has 3 heterocycles. The molecule has 13 nitrogen and oxygen atoms in total. The summed E-state index contributed by atoms with van der Waals surface area (Å²) in [5.41, 5.74) is 7.61. The average molecular weight is 718 g/mol. The second-order valence-corrected chi connectivity index (χ2v) is 13.9. The van der Waals surface area contributed by atoms with Crippen LogP contribution in [0.25, 0.3) is 11.6 Å². The molecule has 53 heavy (non-hydrogen) atoms. The summed E-state index contributed by atoms with van der Waals surface area (Å²) in [7, 11) is 6.03. The van der Waals surface area contributed by atoms with Crippen LogP contribution in [0.5, 0.6) is 0 Å². The van der Waals surface area contributed by atoms with Gasteiger partial charge < -0.3 is 41.4 Å². The first-order valence-corrected chi connectivity index (χ1v) is 17.7. The number of likely N-dealkylation sites (N-methyl/N-ethyl adjacent to an activating group) is 2. The van der Waals surface area contributed by atoms with Gasteiger partial charge in [0.2, 0.25) is 0 Å². The van der Waals surface area contributed by atoms with Gasteiger partial charge in [0.25, 0.3) is 17.7 Å². The number of urea groups is 1. The van der Waals surface area contributed by atoms with Crippen molar-refractivity contribution >= 4 is 58.2 Å². The molecule has 5 amide bonds. The largest absolute Gasteiger partial charge is 0.358 e. The maximum atomic E-state index is 13.0. The monoisotopic (exact) mass is 717 g/mol. The standard InChI is InChI=1S/C40H47N9O4/c1-25-34(42-26(2)36(25)39(52)41-15-16-47(3)4)23-33-32-14-13-31(22-35(32)46-38(33)51)45-40(53)44-30-8-6-7-29(21-30)43-37(50)28-11-9-27(10-12-28)24-49-19-17-48(5)18-20-49/h6-14,21-23,42H,15-20,24H2,1-5H3,(H,41,52)(H,43,50)(H,46,51)(H2,44,45,53). The molecule has 1 fully saturated rings. The van der Waals surface area contributed by atoms with E-state index in [1.807, 2.05) is 57.1 Å². The number of carbonyl (C=O) groups is 4. The highest BCUT2D eigenvalue weighted by Crippen LogP contribution is 2.36. The van der Waals surface area contributed by atoms with Crippen molar-refractivity contribution in [2.24, 2.45) is 0 Å². The Morgan fingerprint density at radius 3 is 2.23 bits per heavy atom. The van der Waals surface area contributed by atoms with Gasteiger partial charge in [0.05, 0.1) is 16.8 Å². The van der Waals surface area contributed by atoms with E-state index < -0.39 is 6.03 Å². The molecule has 6 rings (SSSR count). The summed E-state index contributed by atoms with van der Waals surface area (Å²) in [6.07, 6.45) is 1.75. The molecule has 0 unspecified atom stereocenters. The van der Waals surface area contributed by atoms with Gasteiger partial charge >= 0.3 is 6.03 Å². The molecule has 276 valence electrons. The summed E-state index contributed by atoms with van der Waals surface area (Å²) in [5.74, 6) is -0.692. The van der Waals surface area contributed by atoms with Gasteiger partial charge in [-0.1, -0.05) is 24.3 Å². The van der Waals surface area contributed by atoms with E-state index in [2.05, 4.69) is 48.4 Å². The molecule has 4 aromatic rings. The first-order valence-electron chi connectivity index (χ1n) is 17.7. The molecule has 0 saturated carbocycles. The number of hydrogen-bond donors (Lipinski definition) is 6. The number of carbonyl (C=O) groups excluding carboxylic acids is 4. The van der Waals surface area contributed by atoms with Crippen LogP contribution in [0.3, 0.4) is 0 Å². The quantitative estimate of drug-likeness (QED) is 0.119. The highest BCUT2D eigenvalue weighted by atomic mass is 16.2. The van der Waals surface area contributed by atoms with Crippen molar-refractivity contribution in [3.63, 3.8) is 0 Å². The summed E-state index contributed by atoms with van der Waals surface area (Å²) < 4.78 is 0. The number of anilines is 4. The third-order valence-corrected chi connectivity index (χ3v) is 9.49. The molecule has 0 bridgehead atoms. The number of aromatic nitrogens is 1. The van der Waals surface area contributed by atoms with Crippen LogP contribution < -0.4 is 26.6 Å². The number of piperazine rings is 1. The Morgan fingerprint density at radius 2 is 1.53 bits per heavy atom. The summed E-state index contributed by atoms with van der Waals surface area (Å²) in [6.45, 7) is 9.97. The molecule has 13 heteroatoms. The van der Waals surface area contributed by atoms with Gasteiger partial charge in [-0.3, -0.25) is 19.3 Å². The zero-order valence-electron chi connectivity index (χ0n) is 30.9. The van der Waals surface area contributed by atoms with Crippen LogP contribution in [-0.2, 0) is 11.3 Å². The fraction of sp³-hybridized carbons (Fsp3) is 0.300. The van der Waals surface area contributed by atoms with E-state index >= 15 is 0 Å². The van der Waals surface area contributed by atoms with Crippen LogP contribution in [0, 0.1) is 13.8 Å². The summed E-state index contributed by atoms with van der Waals surface area (Å²) >= 11 is 0. The van der Waals surface area contributed by atoms with E-state index in [0.717, 1.165) is 50.5 Å². The molecule has 1 saturated heterocycles. The highest BCUT2D eigenvalue weighted by Gasteiger charge is 2.26. The zero-order valence-corrected chi connectivity index (χ0v) is 30.9. The third kappa shape index (κ3) is 9.19. The average Bonchev–Trinajstić information content (AvgIpc) is 3.58. The van der Waals surface area contributed by atoms with Crippen LogP contribution in [-0.4, -0.2) is 104 Å². The Labute approximate surface area is 309 Å². The second-order valence-electron chi connectivity index (χ2n) is 13.9. The van der Waals surface area contributed by atoms with Crippen LogP contribution in [0.1, 0.15) is 48.8 Å². The first-order chi connectivity index (χ1) is 25.4. The lowest BCUT2D eigenvalue weighted by atomic mass is 10.0. The normalized spacial score (nSPS) is 15.3. The Hall–Kier alpha value is -5.76. The number of hydrogen-bond acceptors (Lipinski definition) is 7. The summed E-state index contributed by atoms with van der Waals surface area (Å²) in [5, 5.41) is 14.3. The van der Waals surface area contributed by atoms with Gasteiger partial charge in [-0.15, -0.1) is 0 Å². The number of H-pyrrole nitrogens is 1. The van der Waals surface area contributed by atoms with Crippen LogP contribution >= 0.6 is 0 Å². The molecule has 2 aliphatic rings. The number of amides is 5. The number of nitrogens with one attached hydrogen (secondary N) is 6. The predicted octanol–water partition coefficient (Wildman–Crippen LogP) is 5.06. The van der Waals surface area contributed by atoms with E-state index in [1.165, 1.54) is 5.56 Å². The van der Waals surface area contributed by atoms with Gasteiger partial charge in [-0.2, -0.15) is 0 Å². The lowest BCUT2D eigenvalue weighted by molar-refractivity contribution is -0.110. The van der Waals surface area contributed by atoms with Crippen LogP contribution in [0.4, 0.5) is 27.5 Å². The van der Waals surface area contributed by atoms with Crippen molar-refractivity contribution in [1.82, 2.24) is 25.0 Å². The molecule has 2 aliphatic heterocycles. The maximum Gasteiger partial charge on any atom is 0.323 e. The van der Waals surface area contributed by atoms with E-state index in [4.69, 9.17) is 0 Å². The molecule has 0 aliphatic carbocycles. The smallest absolute Gasteiger partial charge is 0.323 e. The van der Waals surface area contributed by atoms with Crippen molar-refractivity contribution in [2.45, 2.75) is 20.4 Å². The van der Waals surface area contributed by atoms with E-state index in [0.29, 0.717) is 57.3 Å². The molecule has 0 spiro atoms. The number of benzene rings is 3. The highest BCUT2D eigenvalue weighted by molar-refractivity contribution is 6.35.